The zero-order valence-electron chi connectivity index (χ0n) is 19.4. The van der Waals surface area contributed by atoms with Crippen LogP contribution in [0.3, 0.4) is 0 Å². The first-order valence-electron chi connectivity index (χ1n) is 11.2. The largest absolute Gasteiger partial charge is 0.494 e. The van der Waals surface area contributed by atoms with Crippen molar-refractivity contribution in [2.75, 3.05) is 18.1 Å². The van der Waals surface area contributed by atoms with Gasteiger partial charge in [0.2, 0.25) is 0 Å². The molecule has 0 unspecified atom stereocenters. The van der Waals surface area contributed by atoms with Crippen molar-refractivity contribution in [3.8, 4) is 5.75 Å². The van der Waals surface area contributed by atoms with Gasteiger partial charge in [-0.2, -0.15) is 0 Å². The van der Waals surface area contributed by atoms with Gasteiger partial charge < -0.3 is 15.0 Å². The summed E-state index contributed by atoms with van der Waals surface area (Å²) in [6.45, 7) is 12.7. The van der Waals surface area contributed by atoms with Crippen LogP contribution >= 0.6 is 11.8 Å². The molecule has 2 heterocycles. The second kappa shape index (κ2) is 9.02. The lowest BCUT2D eigenvalue weighted by atomic mass is 9.79. The summed E-state index contributed by atoms with van der Waals surface area (Å²) < 4.78 is 5.47. The van der Waals surface area contributed by atoms with Gasteiger partial charge >= 0.3 is 0 Å². The Morgan fingerprint density at radius 3 is 2.66 bits per heavy atom. The number of hydrogen-bond donors (Lipinski definition) is 1. The predicted molar refractivity (Wildman–Crippen MR) is 135 cm³/mol. The van der Waals surface area contributed by atoms with Gasteiger partial charge in [0.1, 0.15) is 5.75 Å². The van der Waals surface area contributed by atoms with E-state index in [1.165, 1.54) is 23.0 Å². The molecule has 2 aliphatic rings. The summed E-state index contributed by atoms with van der Waals surface area (Å²) in [5.41, 5.74) is 4.63. The molecule has 1 atom stereocenters. The first-order chi connectivity index (χ1) is 15.3. The van der Waals surface area contributed by atoms with E-state index in [0.717, 1.165) is 30.0 Å². The molecule has 4 rings (SSSR count). The summed E-state index contributed by atoms with van der Waals surface area (Å²) in [4.78, 5) is 20.3. The Kier molecular flexibility index (Phi) is 6.33. The molecular formula is C26H31N3O2S. The number of amides is 1. The fourth-order valence-electron chi connectivity index (χ4n) is 4.73. The highest BCUT2D eigenvalue weighted by molar-refractivity contribution is 8.18. The van der Waals surface area contributed by atoms with Gasteiger partial charge in [0.25, 0.3) is 5.91 Å². The van der Waals surface area contributed by atoms with Crippen LogP contribution in [0.1, 0.15) is 58.1 Å². The molecule has 1 N–H and O–H groups in total. The van der Waals surface area contributed by atoms with Crippen LogP contribution in [-0.2, 0) is 4.79 Å². The highest BCUT2D eigenvalue weighted by atomic mass is 32.2. The third-order valence-electron chi connectivity index (χ3n) is 6.05. The Morgan fingerprint density at radius 2 is 1.97 bits per heavy atom. The number of hydrogen-bond acceptors (Lipinski definition) is 5. The minimum atomic E-state index is -0.109. The fraction of sp³-hybridized carbons (Fsp3) is 0.385. The van der Waals surface area contributed by atoms with Crippen molar-refractivity contribution >= 4 is 40.3 Å². The third kappa shape index (κ3) is 4.56. The van der Waals surface area contributed by atoms with Gasteiger partial charge in [-0.3, -0.25) is 4.79 Å². The van der Waals surface area contributed by atoms with E-state index in [1.807, 2.05) is 37.3 Å². The highest BCUT2D eigenvalue weighted by Gasteiger charge is 2.35. The van der Waals surface area contributed by atoms with Crippen molar-refractivity contribution in [1.29, 1.82) is 0 Å². The predicted octanol–water partition coefficient (Wildman–Crippen LogP) is 6.09. The lowest BCUT2D eigenvalue weighted by molar-refractivity contribution is -0.115. The molecular weight excluding hydrogens is 418 g/mol. The normalized spacial score (nSPS) is 22.2. The second-order valence-electron chi connectivity index (χ2n) is 8.89. The van der Waals surface area contributed by atoms with Crippen molar-refractivity contribution in [2.24, 2.45) is 4.99 Å². The monoisotopic (exact) mass is 449 g/mol. The van der Waals surface area contributed by atoms with E-state index in [-0.39, 0.29) is 11.4 Å². The molecule has 2 aromatic carbocycles. The molecule has 5 nitrogen and oxygen atoms in total. The van der Waals surface area contributed by atoms with Crippen LogP contribution in [0, 0.1) is 0 Å². The first kappa shape index (κ1) is 22.5. The van der Waals surface area contributed by atoms with Crippen LogP contribution in [0.2, 0.25) is 0 Å². The number of aliphatic imine (C=N–C) groups is 1. The number of ether oxygens (including phenoxy) is 1. The number of anilines is 1. The summed E-state index contributed by atoms with van der Waals surface area (Å²) in [7, 11) is 0. The molecule has 0 aliphatic carbocycles. The summed E-state index contributed by atoms with van der Waals surface area (Å²) in [5, 5.41) is 3.47. The van der Waals surface area contributed by atoms with E-state index in [1.54, 1.807) is 0 Å². The standard InChI is InChI=1S/C26H31N3O2S/c1-6-29-22-13-8-18(14-21(22)17(3)16-26(29,4)5)15-23-24(30)28-25(32-23)27-19-9-11-20(12-10-19)31-7-2/h8-15,17H,6-7,16H2,1-5H3,(H,27,28,30)/b23-15-/t17-/m0/s1. The number of nitrogens with one attached hydrogen (secondary N) is 1. The minimum absolute atomic E-state index is 0.109. The summed E-state index contributed by atoms with van der Waals surface area (Å²) in [6, 6.07) is 14.1. The molecule has 32 heavy (non-hydrogen) atoms. The van der Waals surface area contributed by atoms with Crippen molar-refractivity contribution in [3.63, 3.8) is 0 Å². The molecule has 1 fully saturated rings. The van der Waals surface area contributed by atoms with E-state index in [4.69, 9.17) is 4.74 Å². The zero-order valence-corrected chi connectivity index (χ0v) is 20.3. The number of nitrogens with zero attached hydrogens (tertiary/aromatic N) is 2. The number of fused-ring (bicyclic) bond motifs is 1. The van der Waals surface area contributed by atoms with Crippen LogP contribution in [0.5, 0.6) is 5.75 Å². The van der Waals surface area contributed by atoms with E-state index < -0.39 is 0 Å². The Bertz CT molecular complexity index is 1070. The van der Waals surface area contributed by atoms with Crippen LogP contribution in [0.25, 0.3) is 6.08 Å². The number of benzene rings is 2. The topological polar surface area (TPSA) is 53.9 Å². The van der Waals surface area contributed by atoms with E-state index in [9.17, 15) is 4.79 Å². The maximum atomic E-state index is 12.5. The van der Waals surface area contributed by atoms with Crippen molar-refractivity contribution in [1.82, 2.24) is 5.32 Å². The quantitative estimate of drug-likeness (QED) is 0.561. The highest BCUT2D eigenvalue weighted by Crippen LogP contribution is 2.43. The number of rotatable bonds is 5. The Morgan fingerprint density at radius 1 is 1.22 bits per heavy atom. The molecule has 2 aromatic rings. The Hall–Kier alpha value is -2.73. The molecule has 0 radical (unpaired) electrons. The number of thioether (sulfide) groups is 1. The Labute approximate surface area is 194 Å². The van der Waals surface area contributed by atoms with Gasteiger partial charge in [0.05, 0.1) is 17.2 Å². The summed E-state index contributed by atoms with van der Waals surface area (Å²) >= 11 is 1.37. The lowest BCUT2D eigenvalue weighted by Crippen LogP contribution is -2.48. The van der Waals surface area contributed by atoms with Crippen LogP contribution < -0.4 is 15.0 Å². The first-order valence-corrected chi connectivity index (χ1v) is 12.1. The fourth-order valence-corrected chi connectivity index (χ4v) is 5.57. The molecule has 0 spiro atoms. The van der Waals surface area contributed by atoms with Gasteiger partial charge in [-0.1, -0.05) is 13.0 Å². The van der Waals surface area contributed by atoms with Gasteiger partial charge in [-0.15, -0.1) is 0 Å². The molecule has 0 saturated carbocycles. The SMILES string of the molecule is CCOc1ccc(N=C2NC(=O)/C(=C/c3ccc4c(c3)[C@@H](C)CC(C)(C)N4CC)S2)cc1. The van der Waals surface area contributed by atoms with Crippen molar-refractivity contribution in [2.45, 2.75) is 52.5 Å². The van der Waals surface area contributed by atoms with E-state index in [2.05, 4.69) is 61.1 Å². The third-order valence-corrected chi connectivity index (χ3v) is 6.96. The van der Waals surface area contributed by atoms with Gasteiger partial charge in [-0.05, 0) is 105 Å². The van der Waals surface area contributed by atoms with Crippen LogP contribution in [0.15, 0.2) is 52.4 Å². The lowest BCUT2D eigenvalue weighted by Gasteiger charge is -2.47. The molecule has 1 saturated heterocycles. The van der Waals surface area contributed by atoms with Crippen molar-refractivity contribution < 1.29 is 9.53 Å². The second-order valence-corrected chi connectivity index (χ2v) is 9.92. The molecule has 6 heteroatoms. The van der Waals surface area contributed by atoms with Gasteiger partial charge in [0.15, 0.2) is 5.17 Å². The molecule has 0 aromatic heterocycles. The number of carbonyl (C=O) groups is 1. The summed E-state index contributed by atoms with van der Waals surface area (Å²) in [5.74, 6) is 1.18. The van der Waals surface area contributed by atoms with Crippen LogP contribution in [-0.4, -0.2) is 29.8 Å². The Balaban J connectivity index is 1.56. The number of carbonyl (C=O) groups excluding carboxylic acids is 1. The average molecular weight is 450 g/mol. The molecule has 1 amide bonds. The van der Waals surface area contributed by atoms with Gasteiger partial charge in [-0.25, -0.2) is 4.99 Å². The summed E-state index contributed by atoms with van der Waals surface area (Å²) in [6.07, 6.45) is 3.08. The minimum Gasteiger partial charge on any atom is -0.494 e. The maximum Gasteiger partial charge on any atom is 0.264 e. The molecule has 0 bridgehead atoms. The molecule has 168 valence electrons. The number of amidine groups is 1. The smallest absolute Gasteiger partial charge is 0.264 e. The van der Waals surface area contributed by atoms with E-state index in [0.29, 0.717) is 22.6 Å². The maximum absolute atomic E-state index is 12.5. The van der Waals surface area contributed by atoms with Gasteiger partial charge in [0, 0.05) is 17.8 Å². The molecule has 2 aliphatic heterocycles. The van der Waals surface area contributed by atoms with Crippen LogP contribution in [0.4, 0.5) is 11.4 Å². The zero-order chi connectivity index (χ0) is 22.9. The average Bonchev–Trinajstić information content (AvgIpc) is 3.08. The van der Waals surface area contributed by atoms with Crippen molar-refractivity contribution in [3.05, 3.63) is 58.5 Å². The van der Waals surface area contributed by atoms with E-state index >= 15 is 0 Å².